The Morgan fingerprint density at radius 2 is 0.763 bits per heavy atom. The molecule has 0 fully saturated rings. The van der Waals surface area contributed by atoms with Gasteiger partial charge in [-0.25, -0.2) is 0 Å². The van der Waals surface area contributed by atoms with Crippen LogP contribution in [0.2, 0.25) is 0 Å². The van der Waals surface area contributed by atoms with Crippen molar-refractivity contribution in [2.24, 2.45) is 0 Å². The van der Waals surface area contributed by atoms with E-state index in [1.54, 1.807) is 0 Å². The molecule has 0 amide bonds. The second-order valence-corrected chi connectivity index (χ2v) is 23.9. The number of nitrogens with zero attached hydrogens (tertiary/aromatic N) is 2. The standard InChI is InChI=1S/C54H35N2PSSi/c58-57-50-30-10-5-24-44(50)45-25-15-33-53(54(45)57)59(52-32-12-11-31-51(52)57,38-18-13-16-36(34-38)55-46-26-6-1-20-40(46)41-21-2-7-27-47(41)55)39-19-14-17-37(35-39)56-48-28-8-3-22-42(48)43-23-4-9-29-49(43)56/h1-35H. The molecule has 0 N–H and O–H groups in total. The van der Waals surface area contributed by atoms with Gasteiger partial charge in [0, 0.05) is 49.6 Å². The molecule has 2 aliphatic rings. The zero-order valence-electron chi connectivity index (χ0n) is 32.0. The van der Waals surface area contributed by atoms with Crippen molar-refractivity contribution in [2.45, 2.75) is 0 Å². The Kier molecular flexibility index (Phi) is 6.93. The number of para-hydroxylation sites is 4. The van der Waals surface area contributed by atoms with Crippen LogP contribution in [0.5, 0.6) is 0 Å². The van der Waals surface area contributed by atoms with Crippen molar-refractivity contribution < 1.29 is 0 Å². The molecule has 276 valence electrons. The summed E-state index contributed by atoms with van der Waals surface area (Å²) in [6.45, 7) is 0. The monoisotopic (exact) mass is 802 g/mol. The van der Waals surface area contributed by atoms with Gasteiger partial charge in [-0.3, -0.25) is 0 Å². The highest BCUT2D eigenvalue weighted by Crippen LogP contribution is 2.53. The molecule has 0 spiro atoms. The fraction of sp³-hybridized carbons (Fsp3) is 0. The minimum atomic E-state index is -3.12. The summed E-state index contributed by atoms with van der Waals surface area (Å²) in [5, 5.41) is 14.7. The molecule has 0 bridgehead atoms. The van der Waals surface area contributed by atoms with Crippen molar-refractivity contribution in [3.05, 3.63) is 212 Å². The third-order valence-electron chi connectivity index (χ3n) is 13.2. The molecule has 1 atom stereocenters. The Morgan fingerprint density at radius 1 is 0.356 bits per heavy atom. The van der Waals surface area contributed by atoms with E-state index in [9.17, 15) is 0 Å². The fourth-order valence-corrected chi connectivity index (χ4v) is 23.1. The molecule has 4 heterocycles. The first-order chi connectivity index (χ1) is 29.2. The van der Waals surface area contributed by atoms with Gasteiger partial charge in [-0.1, -0.05) is 176 Å². The van der Waals surface area contributed by atoms with Crippen molar-refractivity contribution in [2.75, 3.05) is 0 Å². The smallest absolute Gasteiger partial charge is 0.181 e. The van der Waals surface area contributed by atoms with E-state index in [1.165, 1.54) is 103 Å². The number of fused-ring (bicyclic) bond motifs is 11. The van der Waals surface area contributed by atoms with Crippen molar-refractivity contribution in [3.8, 4) is 22.5 Å². The van der Waals surface area contributed by atoms with Gasteiger partial charge in [0.1, 0.15) is 0 Å². The van der Waals surface area contributed by atoms with Gasteiger partial charge in [0.15, 0.2) is 8.07 Å². The lowest BCUT2D eigenvalue weighted by atomic mass is 10.1. The van der Waals surface area contributed by atoms with Crippen LogP contribution >= 0.6 is 6.04 Å². The molecule has 13 rings (SSSR count). The van der Waals surface area contributed by atoms with Gasteiger partial charge in [-0.2, -0.15) is 0 Å². The molecule has 2 aliphatic heterocycles. The molecule has 0 radical (unpaired) electrons. The molecule has 2 nitrogen and oxygen atoms in total. The van der Waals surface area contributed by atoms with Gasteiger partial charge in [0.05, 0.1) is 22.1 Å². The molecular formula is C54H35N2PSSi. The van der Waals surface area contributed by atoms with E-state index in [2.05, 4.69) is 221 Å². The summed E-state index contributed by atoms with van der Waals surface area (Å²) in [6.07, 6.45) is 0. The third kappa shape index (κ3) is 4.28. The van der Waals surface area contributed by atoms with Gasteiger partial charge >= 0.3 is 0 Å². The van der Waals surface area contributed by atoms with Crippen LogP contribution in [0.25, 0.3) is 66.1 Å². The summed E-state index contributed by atoms with van der Waals surface area (Å²) in [7, 11) is -3.12. The van der Waals surface area contributed by atoms with Crippen molar-refractivity contribution in [1.82, 2.24) is 9.13 Å². The summed E-state index contributed by atoms with van der Waals surface area (Å²) < 4.78 is 4.93. The second-order valence-electron chi connectivity index (χ2n) is 15.9. The van der Waals surface area contributed by atoms with E-state index in [1.807, 2.05) is 0 Å². The number of rotatable bonds is 4. The maximum atomic E-state index is 7.19. The third-order valence-corrected chi connectivity index (χ3v) is 23.4. The number of hydrogen-bond donors (Lipinski definition) is 0. The van der Waals surface area contributed by atoms with Crippen LogP contribution < -0.4 is 36.7 Å². The van der Waals surface area contributed by atoms with Crippen LogP contribution in [-0.4, -0.2) is 17.2 Å². The minimum Gasteiger partial charge on any atom is -0.309 e. The molecule has 59 heavy (non-hydrogen) atoms. The maximum Gasteiger partial charge on any atom is 0.181 e. The lowest BCUT2D eigenvalue weighted by Crippen LogP contribution is -2.81. The summed E-state index contributed by atoms with van der Waals surface area (Å²) in [6, 6.07) is 77.4. The lowest BCUT2D eigenvalue weighted by molar-refractivity contribution is 1.18. The van der Waals surface area contributed by atoms with Gasteiger partial charge in [0.2, 0.25) is 0 Å². The minimum absolute atomic E-state index is 1.17. The Bertz CT molecular complexity index is 3370. The average Bonchev–Trinajstić information content (AvgIpc) is 3.92. The second kappa shape index (κ2) is 12.2. The molecular weight excluding hydrogens is 768 g/mol. The van der Waals surface area contributed by atoms with Crippen LogP contribution in [0.1, 0.15) is 0 Å². The van der Waals surface area contributed by atoms with E-state index in [4.69, 9.17) is 11.8 Å². The molecule has 0 saturated heterocycles. The van der Waals surface area contributed by atoms with Crippen LogP contribution in [0, 0.1) is 0 Å². The molecule has 9 aromatic carbocycles. The van der Waals surface area contributed by atoms with Crippen molar-refractivity contribution in [3.63, 3.8) is 0 Å². The Hall–Kier alpha value is -6.55. The van der Waals surface area contributed by atoms with Crippen molar-refractivity contribution >= 4 is 106 Å². The van der Waals surface area contributed by atoms with Gasteiger partial charge < -0.3 is 9.13 Å². The van der Waals surface area contributed by atoms with E-state index >= 15 is 0 Å². The predicted molar refractivity (Wildman–Crippen MR) is 257 cm³/mol. The fourth-order valence-electron chi connectivity index (χ4n) is 10.9. The number of benzene rings is 9. The number of hydrogen-bond acceptors (Lipinski definition) is 1. The first-order valence-electron chi connectivity index (χ1n) is 20.3. The largest absolute Gasteiger partial charge is 0.309 e. The quantitative estimate of drug-likeness (QED) is 0.128. The van der Waals surface area contributed by atoms with Crippen LogP contribution in [0.4, 0.5) is 0 Å². The summed E-state index contributed by atoms with van der Waals surface area (Å²) in [4.78, 5) is 0. The van der Waals surface area contributed by atoms with Crippen LogP contribution in [0.15, 0.2) is 212 Å². The van der Waals surface area contributed by atoms with E-state index < -0.39 is 14.1 Å². The van der Waals surface area contributed by atoms with Gasteiger partial charge in [-0.15, -0.1) is 0 Å². The summed E-state index contributed by atoms with van der Waals surface area (Å²) in [5.74, 6) is 0. The molecule has 11 aromatic rings. The summed E-state index contributed by atoms with van der Waals surface area (Å²) >= 11 is 7.19. The van der Waals surface area contributed by atoms with Crippen molar-refractivity contribution in [1.29, 1.82) is 0 Å². The lowest BCUT2D eigenvalue weighted by Gasteiger charge is -2.44. The van der Waals surface area contributed by atoms with Crippen LogP contribution in [0.3, 0.4) is 0 Å². The first kappa shape index (κ1) is 33.4. The Balaban J connectivity index is 1.17. The number of aromatic nitrogens is 2. The van der Waals surface area contributed by atoms with Gasteiger partial charge in [-0.05, 0) is 85.7 Å². The maximum absolute atomic E-state index is 7.19. The van der Waals surface area contributed by atoms with E-state index in [-0.39, 0.29) is 0 Å². The predicted octanol–water partition coefficient (Wildman–Crippen LogP) is 9.31. The molecule has 0 saturated carbocycles. The normalized spacial score (nSPS) is 16.1. The zero-order chi connectivity index (χ0) is 38.9. The molecule has 0 aliphatic carbocycles. The highest BCUT2D eigenvalue weighted by Gasteiger charge is 2.54. The van der Waals surface area contributed by atoms with Crippen LogP contribution in [-0.2, 0) is 11.8 Å². The Labute approximate surface area is 348 Å². The topological polar surface area (TPSA) is 9.86 Å². The van der Waals surface area contributed by atoms with E-state index in [0.29, 0.717) is 0 Å². The average molecular weight is 803 g/mol. The van der Waals surface area contributed by atoms with E-state index in [0.717, 1.165) is 0 Å². The zero-order valence-corrected chi connectivity index (χ0v) is 34.7. The molecule has 5 heteroatoms. The highest BCUT2D eigenvalue weighted by atomic mass is 32.4. The molecule has 2 aromatic heterocycles. The SMILES string of the molecule is S=P12c3ccccc3-c3cccc(c31)[Si](c1cccc(-n3c4ccccc4c4ccccc43)c1)(c1cccc(-n3c4ccccc4c4ccccc43)c1)c1ccccc12. The molecule has 1 unspecified atom stereocenters. The first-order valence-corrected chi connectivity index (χ1v) is 25.1. The highest BCUT2D eigenvalue weighted by molar-refractivity contribution is 8.26. The Morgan fingerprint density at radius 3 is 1.31 bits per heavy atom. The summed E-state index contributed by atoms with van der Waals surface area (Å²) in [5.41, 5.74) is 9.80. The van der Waals surface area contributed by atoms with Gasteiger partial charge in [0.25, 0.3) is 0 Å².